The minimum atomic E-state index is -0.106. The maximum absolute atomic E-state index is 12.1. The van der Waals surface area contributed by atoms with Crippen LogP contribution in [0.3, 0.4) is 0 Å². The average molecular weight is 385 g/mol. The van der Waals surface area contributed by atoms with E-state index in [0.717, 1.165) is 24.1 Å². The predicted molar refractivity (Wildman–Crippen MR) is 108 cm³/mol. The molecule has 1 saturated carbocycles. The largest absolute Gasteiger partial charge is 0.493 e. The summed E-state index contributed by atoms with van der Waals surface area (Å²) in [5.74, 6) is 1.26. The van der Waals surface area contributed by atoms with E-state index in [2.05, 4.69) is 15.4 Å². The lowest BCUT2D eigenvalue weighted by Gasteiger charge is -2.22. The summed E-state index contributed by atoms with van der Waals surface area (Å²) < 4.78 is 12.5. The molecule has 0 spiro atoms. The van der Waals surface area contributed by atoms with Crippen LogP contribution in [0.1, 0.15) is 43.4 Å². The zero-order valence-electron chi connectivity index (χ0n) is 16.4. The van der Waals surface area contributed by atoms with E-state index in [1.54, 1.807) is 31.7 Å². The van der Waals surface area contributed by atoms with Crippen molar-refractivity contribution in [3.63, 3.8) is 0 Å². The number of methoxy groups -OCH3 is 1. The number of nitrogens with two attached hydrogens (primary N) is 1. The van der Waals surface area contributed by atoms with Gasteiger partial charge < -0.3 is 20.5 Å². The number of imidazole rings is 1. The molecule has 1 aromatic heterocycles. The van der Waals surface area contributed by atoms with Gasteiger partial charge in [0, 0.05) is 6.04 Å². The minimum Gasteiger partial charge on any atom is -0.493 e. The Morgan fingerprint density at radius 1 is 1.36 bits per heavy atom. The van der Waals surface area contributed by atoms with Gasteiger partial charge in [0.25, 0.3) is 5.91 Å². The number of carbonyl (C=O) groups is 1. The number of carbonyl (C=O) groups excluding carboxylic acids is 1. The van der Waals surface area contributed by atoms with Crippen LogP contribution in [0.4, 0.5) is 5.95 Å². The van der Waals surface area contributed by atoms with Crippen molar-refractivity contribution in [2.75, 3.05) is 19.5 Å². The number of anilines is 1. The van der Waals surface area contributed by atoms with E-state index in [9.17, 15) is 4.79 Å². The number of nitrogens with zero attached hydrogens (tertiary/aromatic N) is 3. The first-order valence-corrected chi connectivity index (χ1v) is 9.51. The summed E-state index contributed by atoms with van der Waals surface area (Å²) in [6.07, 6.45) is 9.09. The van der Waals surface area contributed by atoms with Gasteiger partial charge in [0.05, 0.1) is 25.2 Å². The van der Waals surface area contributed by atoms with Crippen LogP contribution in [0.25, 0.3) is 0 Å². The Hall–Kier alpha value is -3.03. The van der Waals surface area contributed by atoms with Gasteiger partial charge in [-0.25, -0.2) is 9.66 Å². The standard InChI is InChI=1S/C20H27N5O3/c1-14-12-25(20(21)23-14)22-11-15-8-9-17(18(10-15)27-2)28-13-19(26)24-16-6-4-3-5-7-16/h8-12,16H,3-7,13H2,1-2H3,(H2,21,23)(H,24,26). The minimum absolute atomic E-state index is 0.0366. The lowest BCUT2D eigenvalue weighted by Crippen LogP contribution is -2.39. The second kappa shape index (κ2) is 9.25. The maximum Gasteiger partial charge on any atom is 0.258 e. The first kappa shape index (κ1) is 19.7. The lowest BCUT2D eigenvalue weighted by atomic mass is 9.95. The molecule has 1 fully saturated rings. The van der Waals surface area contributed by atoms with Gasteiger partial charge in [-0.05, 0) is 43.5 Å². The van der Waals surface area contributed by atoms with Gasteiger partial charge >= 0.3 is 0 Å². The van der Waals surface area contributed by atoms with Crippen molar-refractivity contribution in [2.45, 2.75) is 45.1 Å². The average Bonchev–Trinajstić information content (AvgIpc) is 3.02. The number of ether oxygens (including phenoxy) is 2. The van der Waals surface area contributed by atoms with Crippen LogP contribution in [0, 0.1) is 6.92 Å². The summed E-state index contributed by atoms with van der Waals surface area (Å²) in [6, 6.07) is 5.65. The number of aromatic nitrogens is 2. The Bertz CT molecular complexity index is 840. The van der Waals surface area contributed by atoms with E-state index >= 15 is 0 Å². The lowest BCUT2D eigenvalue weighted by molar-refractivity contribution is -0.124. The number of aryl methyl sites for hydroxylation is 1. The van der Waals surface area contributed by atoms with Gasteiger partial charge in [-0.2, -0.15) is 5.10 Å². The van der Waals surface area contributed by atoms with Crippen LogP contribution < -0.4 is 20.5 Å². The van der Waals surface area contributed by atoms with Crippen LogP contribution in [0.15, 0.2) is 29.5 Å². The van der Waals surface area contributed by atoms with Crippen LogP contribution >= 0.6 is 0 Å². The quantitative estimate of drug-likeness (QED) is 0.713. The second-order valence-electron chi connectivity index (χ2n) is 6.93. The summed E-state index contributed by atoms with van der Waals surface area (Å²) in [7, 11) is 1.56. The van der Waals surface area contributed by atoms with Crippen LogP contribution in [0.2, 0.25) is 0 Å². The number of amides is 1. The number of rotatable bonds is 7. The van der Waals surface area contributed by atoms with E-state index in [0.29, 0.717) is 17.4 Å². The van der Waals surface area contributed by atoms with Gasteiger partial charge in [-0.15, -0.1) is 0 Å². The third-order valence-corrected chi connectivity index (χ3v) is 4.68. The summed E-state index contributed by atoms with van der Waals surface area (Å²) >= 11 is 0. The van der Waals surface area contributed by atoms with E-state index in [1.807, 2.05) is 13.0 Å². The molecule has 2 aromatic rings. The van der Waals surface area contributed by atoms with Crippen LogP contribution in [-0.4, -0.2) is 41.5 Å². The molecule has 3 N–H and O–H groups in total. The van der Waals surface area contributed by atoms with Crippen molar-refractivity contribution < 1.29 is 14.3 Å². The first-order valence-electron chi connectivity index (χ1n) is 9.51. The van der Waals surface area contributed by atoms with Gasteiger partial charge in [0.1, 0.15) is 0 Å². The summed E-state index contributed by atoms with van der Waals surface area (Å²) in [5.41, 5.74) is 7.38. The Labute approximate surface area is 164 Å². The molecule has 28 heavy (non-hydrogen) atoms. The van der Waals surface area contributed by atoms with Crippen LogP contribution in [-0.2, 0) is 4.79 Å². The van der Waals surface area contributed by atoms with Gasteiger partial charge in [-0.1, -0.05) is 19.3 Å². The molecule has 1 aliphatic carbocycles. The Kier molecular flexibility index (Phi) is 6.52. The number of nitrogens with one attached hydrogen (secondary N) is 1. The molecule has 1 aromatic carbocycles. The molecule has 0 bridgehead atoms. The highest BCUT2D eigenvalue weighted by atomic mass is 16.5. The maximum atomic E-state index is 12.1. The highest BCUT2D eigenvalue weighted by Crippen LogP contribution is 2.27. The van der Waals surface area contributed by atoms with Crippen molar-refractivity contribution in [1.29, 1.82) is 0 Å². The molecule has 8 nitrogen and oxygen atoms in total. The SMILES string of the molecule is COc1cc(C=Nn2cc(C)nc2N)ccc1OCC(=O)NC1CCCCC1. The predicted octanol–water partition coefficient (Wildman–Crippen LogP) is 2.49. The van der Waals surface area contributed by atoms with E-state index in [1.165, 1.54) is 23.9 Å². The zero-order chi connectivity index (χ0) is 19.9. The Morgan fingerprint density at radius 3 is 2.82 bits per heavy atom. The van der Waals surface area contributed by atoms with Gasteiger partial charge in [0.2, 0.25) is 5.95 Å². The molecule has 150 valence electrons. The molecule has 0 aliphatic heterocycles. The zero-order valence-corrected chi connectivity index (χ0v) is 16.4. The molecule has 3 rings (SSSR count). The number of hydrogen-bond donors (Lipinski definition) is 2. The molecular weight excluding hydrogens is 358 g/mol. The van der Waals surface area contributed by atoms with E-state index < -0.39 is 0 Å². The van der Waals surface area contributed by atoms with Crippen molar-refractivity contribution >= 4 is 18.1 Å². The van der Waals surface area contributed by atoms with Crippen molar-refractivity contribution in [2.24, 2.45) is 5.10 Å². The van der Waals surface area contributed by atoms with Crippen molar-refractivity contribution in [3.8, 4) is 11.5 Å². The monoisotopic (exact) mass is 385 g/mol. The Morgan fingerprint density at radius 2 is 2.14 bits per heavy atom. The fraction of sp³-hybridized carbons (Fsp3) is 0.450. The van der Waals surface area contributed by atoms with Gasteiger partial charge in [-0.3, -0.25) is 4.79 Å². The molecule has 0 unspecified atom stereocenters. The van der Waals surface area contributed by atoms with Gasteiger partial charge in [0.15, 0.2) is 18.1 Å². The summed E-state index contributed by atoms with van der Waals surface area (Å²) in [4.78, 5) is 16.2. The summed E-state index contributed by atoms with van der Waals surface area (Å²) in [5, 5.41) is 7.32. The molecule has 8 heteroatoms. The normalized spacial score (nSPS) is 14.9. The third-order valence-electron chi connectivity index (χ3n) is 4.68. The van der Waals surface area contributed by atoms with E-state index in [4.69, 9.17) is 15.2 Å². The molecule has 0 atom stereocenters. The topological polar surface area (TPSA) is 104 Å². The second-order valence-corrected chi connectivity index (χ2v) is 6.93. The smallest absolute Gasteiger partial charge is 0.258 e. The van der Waals surface area contributed by atoms with Crippen molar-refractivity contribution in [1.82, 2.24) is 15.0 Å². The van der Waals surface area contributed by atoms with Crippen LogP contribution in [0.5, 0.6) is 11.5 Å². The molecule has 1 amide bonds. The highest BCUT2D eigenvalue weighted by Gasteiger charge is 2.16. The third kappa shape index (κ3) is 5.25. The number of benzene rings is 1. The first-order chi connectivity index (χ1) is 13.5. The highest BCUT2D eigenvalue weighted by molar-refractivity contribution is 5.81. The fourth-order valence-electron chi connectivity index (χ4n) is 3.27. The number of nitrogen functional groups attached to an aromatic ring is 1. The Balaban J connectivity index is 1.59. The fourth-order valence-corrected chi connectivity index (χ4v) is 3.27. The van der Waals surface area contributed by atoms with E-state index in [-0.39, 0.29) is 18.6 Å². The summed E-state index contributed by atoms with van der Waals surface area (Å²) in [6.45, 7) is 1.81. The molecule has 1 aliphatic rings. The molecule has 0 saturated heterocycles. The number of hydrogen-bond acceptors (Lipinski definition) is 6. The molecule has 1 heterocycles. The molecule has 0 radical (unpaired) electrons. The molecular formula is C20H27N5O3. The van der Waals surface area contributed by atoms with Crippen molar-refractivity contribution in [3.05, 3.63) is 35.7 Å².